The van der Waals surface area contributed by atoms with Gasteiger partial charge in [0.25, 0.3) is 0 Å². The molecule has 106 valence electrons. The fourth-order valence-electron chi connectivity index (χ4n) is 3.51. The molecule has 0 spiro atoms. The third-order valence-corrected chi connectivity index (χ3v) is 4.52. The summed E-state index contributed by atoms with van der Waals surface area (Å²) in [5.41, 5.74) is 11.7. The predicted octanol–water partition coefficient (Wildman–Crippen LogP) is 2.50. The van der Waals surface area contributed by atoms with Crippen LogP contribution in [-0.2, 0) is 25.8 Å². The number of benzene rings is 1. The zero-order valence-corrected chi connectivity index (χ0v) is 12.4. The minimum Gasteiger partial charge on any atom is -0.330 e. The van der Waals surface area contributed by atoms with Gasteiger partial charge in [0.2, 0.25) is 0 Å². The summed E-state index contributed by atoms with van der Waals surface area (Å²) in [6, 6.07) is 11.0. The molecule has 0 aliphatic heterocycles. The topological polar surface area (TPSA) is 43.8 Å². The molecule has 3 heteroatoms. The molecule has 0 unspecified atom stereocenters. The maximum absolute atomic E-state index is 6.16. The van der Waals surface area contributed by atoms with Gasteiger partial charge in [-0.3, -0.25) is 4.68 Å². The van der Waals surface area contributed by atoms with Crippen molar-refractivity contribution in [1.29, 1.82) is 0 Å². The Labute approximate surface area is 120 Å². The Morgan fingerprint density at radius 2 is 1.90 bits per heavy atom. The Morgan fingerprint density at radius 1 is 1.25 bits per heavy atom. The molecule has 0 fully saturated rings. The highest BCUT2D eigenvalue weighted by molar-refractivity contribution is 5.35. The van der Waals surface area contributed by atoms with Crippen LogP contribution in [0.4, 0.5) is 0 Å². The van der Waals surface area contributed by atoms with Gasteiger partial charge in [-0.2, -0.15) is 5.10 Å². The molecule has 2 N–H and O–H groups in total. The van der Waals surface area contributed by atoms with E-state index in [2.05, 4.69) is 54.0 Å². The fourth-order valence-corrected chi connectivity index (χ4v) is 3.51. The first-order valence-corrected chi connectivity index (χ1v) is 7.46. The molecule has 1 aromatic heterocycles. The molecule has 0 atom stereocenters. The summed E-state index contributed by atoms with van der Waals surface area (Å²) < 4.78 is 2.12. The summed E-state index contributed by atoms with van der Waals surface area (Å²) in [7, 11) is 0. The number of hydrogen-bond donors (Lipinski definition) is 1. The Balaban J connectivity index is 1.89. The highest BCUT2D eigenvalue weighted by Gasteiger charge is 2.36. The van der Waals surface area contributed by atoms with Crippen LogP contribution in [0.25, 0.3) is 0 Å². The normalized spacial score (nSPS) is 16.4. The van der Waals surface area contributed by atoms with Crippen molar-refractivity contribution in [2.45, 2.75) is 39.7 Å². The van der Waals surface area contributed by atoms with Crippen molar-refractivity contribution in [3.05, 3.63) is 52.8 Å². The molecule has 3 rings (SSSR count). The fraction of sp³-hybridized carbons (Fsp3) is 0.471. The van der Waals surface area contributed by atoms with E-state index in [0.717, 1.165) is 38.0 Å². The third-order valence-electron chi connectivity index (χ3n) is 4.52. The first kappa shape index (κ1) is 13.4. The zero-order chi connectivity index (χ0) is 14.2. The smallest absolute Gasteiger partial charge is 0.0596 e. The Hall–Kier alpha value is -1.61. The zero-order valence-electron chi connectivity index (χ0n) is 12.4. The Bertz CT molecular complexity index is 587. The van der Waals surface area contributed by atoms with Gasteiger partial charge in [0.05, 0.1) is 5.69 Å². The second-order valence-electron chi connectivity index (χ2n) is 6.10. The van der Waals surface area contributed by atoms with Crippen molar-refractivity contribution >= 4 is 0 Å². The van der Waals surface area contributed by atoms with Crippen molar-refractivity contribution in [3.63, 3.8) is 0 Å². The van der Waals surface area contributed by atoms with Gasteiger partial charge in [0.15, 0.2) is 0 Å². The minimum absolute atomic E-state index is 0.170. The largest absolute Gasteiger partial charge is 0.330 e. The van der Waals surface area contributed by atoms with E-state index in [1.807, 2.05) is 0 Å². The quantitative estimate of drug-likeness (QED) is 0.926. The number of rotatable bonds is 4. The molecule has 1 aliphatic carbocycles. The van der Waals surface area contributed by atoms with E-state index in [0.29, 0.717) is 0 Å². The van der Waals surface area contributed by atoms with E-state index in [1.54, 1.807) is 0 Å². The summed E-state index contributed by atoms with van der Waals surface area (Å²) >= 11 is 0. The van der Waals surface area contributed by atoms with Crippen LogP contribution in [0.15, 0.2) is 30.3 Å². The van der Waals surface area contributed by atoms with Crippen LogP contribution in [-0.4, -0.2) is 16.3 Å². The molecular formula is C17H23N3. The molecule has 0 saturated carbocycles. The van der Waals surface area contributed by atoms with Crippen LogP contribution in [0.5, 0.6) is 0 Å². The molecule has 0 saturated heterocycles. The lowest BCUT2D eigenvalue weighted by Crippen LogP contribution is -2.34. The van der Waals surface area contributed by atoms with E-state index >= 15 is 0 Å². The monoisotopic (exact) mass is 269 g/mol. The van der Waals surface area contributed by atoms with Gasteiger partial charge in [-0.15, -0.1) is 0 Å². The standard InChI is InChI=1S/C17H23N3/c1-3-20-16(8-13(2)19-20)11-17(12-18)9-14-6-4-5-7-15(14)10-17/h4-8H,3,9-12,18H2,1-2H3. The molecule has 20 heavy (non-hydrogen) atoms. The van der Waals surface area contributed by atoms with E-state index < -0.39 is 0 Å². The van der Waals surface area contributed by atoms with E-state index in [9.17, 15) is 0 Å². The van der Waals surface area contributed by atoms with Crippen LogP contribution in [0, 0.1) is 12.3 Å². The Morgan fingerprint density at radius 3 is 2.45 bits per heavy atom. The van der Waals surface area contributed by atoms with Crippen molar-refractivity contribution in [2.75, 3.05) is 6.54 Å². The van der Waals surface area contributed by atoms with Gasteiger partial charge < -0.3 is 5.73 Å². The second kappa shape index (κ2) is 5.06. The highest BCUT2D eigenvalue weighted by atomic mass is 15.3. The number of fused-ring (bicyclic) bond motifs is 1. The SMILES string of the molecule is CCn1nc(C)cc1CC1(CN)Cc2ccccc2C1. The minimum atomic E-state index is 0.170. The molecule has 0 bridgehead atoms. The van der Waals surface area contributed by atoms with Gasteiger partial charge in [-0.1, -0.05) is 24.3 Å². The van der Waals surface area contributed by atoms with Crippen LogP contribution >= 0.6 is 0 Å². The molecule has 2 aromatic rings. The van der Waals surface area contributed by atoms with Crippen molar-refractivity contribution in [1.82, 2.24) is 9.78 Å². The van der Waals surface area contributed by atoms with Gasteiger partial charge in [0.1, 0.15) is 0 Å². The lowest BCUT2D eigenvalue weighted by Gasteiger charge is -2.27. The number of hydrogen-bond acceptors (Lipinski definition) is 2. The van der Waals surface area contributed by atoms with Crippen molar-refractivity contribution in [2.24, 2.45) is 11.1 Å². The number of nitrogens with zero attached hydrogens (tertiary/aromatic N) is 2. The first-order valence-electron chi connectivity index (χ1n) is 7.46. The number of aryl methyl sites for hydroxylation is 2. The molecule has 1 aromatic carbocycles. The van der Waals surface area contributed by atoms with Gasteiger partial charge in [-0.25, -0.2) is 0 Å². The summed E-state index contributed by atoms with van der Waals surface area (Å²) in [5.74, 6) is 0. The maximum Gasteiger partial charge on any atom is 0.0596 e. The lowest BCUT2D eigenvalue weighted by molar-refractivity contribution is 0.305. The molecule has 3 nitrogen and oxygen atoms in total. The van der Waals surface area contributed by atoms with Gasteiger partial charge in [0, 0.05) is 12.2 Å². The average molecular weight is 269 g/mol. The summed E-state index contributed by atoms with van der Waals surface area (Å²) in [4.78, 5) is 0. The lowest BCUT2D eigenvalue weighted by atomic mass is 9.80. The number of nitrogens with two attached hydrogens (primary N) is 1. The molecule has 1 aliphatic rings. The van der Waals surface area contributed by atoms with Crippen LogP contribution in [0.2, 0.25) is 0 Å². The van der Waals surface area contributed by atoms with Crippen LogP contribution < -0.4 is 5.73 Å². The van der Waals surface area contributed by atoms with E-state index in [1.165, 1.54) is 16.8 Å². The predicted molar refractivity (Wildman–Crippen MR) is 81.7 cm³/mol. The van der Waals surface area contributed by atoms with Gasteiger partial charge in [-0.05, 0) is 62.3 Å². The van der Waals surface area contributed by atoms with Crippen LogP contribution in [0.1, 0.15) is 29.4 Å². The molecular weight excluding hydrogens is 246 g/mol. The second-order valence-corrected chi connectivity index (χ2v) is 6.10. The molecule has 0 radical (unpaired) electrons. The summed E-state index contributed by atoms with van der Waals surface area (Å²) in [6.45, 7) is 5.87. The molecule has 1 heterocycles. The van der Waals surface area contributed by atoms with Crippen molar-refractivity contribution < 1.29 is 0 Å². The first-order chi connectivity index (χ1) is 9.65. The van der Waals surface area contributed by atoms with Crippen molar-refractivity contribution in [3.8, 4) is 0 Å². The number of aromatic nitrogens is 2. The Kier molecular flexibility index (Phi) is 3.38. The molecule has 0 amide bonds. The summed E-state index contributed by atoms with van der Waals surface area (Å²) in [5, 5.41) is 4.56. The maximum atomic E-state index is 6.16. The summed E-state index contributed by atoms with van der Waals surface area (Å²) in [6.07, 6.45) is 3.20. The highest BCUT2D eigenvalue weighted by Crippen LogP contribution is 2.38. The van der Waals surface area contributed by atoms with E-state index in [-0.39, 0.29) is 5.41 Å². The van der Waals surface area contributed by atoms with Crippen LogP contribution in [0.3, 0.4) is 0 Å². The van der Waals surface area contributed by atoms with E-state index in [4.69, 9.17) is 5.73 Å². The van der Waals surface area contributed by atoms with Gasteiger partial charge >= 0.3 is 0 Å². The average Bonchev–Trinajstić information content (AvgIpc) is 2.99. The third kappa shape index (κ3) is 2.27.